The Hall–Kier alpha value is -1.23. The standard InChI is InChI=1S/C11H18N2O2S/c1-3-4-9-16(14,15)13(2)11-8-6-5-7-10(11)12/h5-8H,3-4,9,12H2,1-2H3. The van der Waals surface area contributed by atoms with Gasteiger partial charge in [-0.3, -0.25) is 4.31 Å². The van der Waals surface area contributed by atoms with E-state index in [9.17, 15) is 8.42 Å². The Kier molecular flexibility index (Phi) is 4.18. The van der Waals surface area contributed by atoms with Crippen molar-refractivity contribution < 1.29 is 8.42 Å². The quantitative estimate of drug-likeness (QED) is 0.801. The van der Waals surface area contributed by atoms with Crippen molar-refractivity contribution in [1.82, 2.24) is 0 Å². The monoisotopic (exact) mass is 242 g/mol. The zero-order chi connectivity index (χ0) is 12.2. The number of nitrogen functional groups attached to an aromatic ring is 1. The Bertz CT molecular complexity index is 443. The first-order valence-electron chi connectivity index (χ1n) is 5.30. The summed E-state index contributed by atoms with van der Waals surface area (Å²) in [5, 5.41) is 0. The summed E-state index contributed by atoms with van der Waals surface area (Å²) in [6.07, 6.45) is 1.52. The molecule has 5 heteroatoms. The van der Waals surface area contributed by atoms with Crippen molar-refractivity contribution in [2.45, 2.75) is 19.8 Å². The van der Waals surface area contributed by atoms with E-state index in [1.54, 1.807) is 24.3 Å². The van der Waals surface area contributed by atoms with E-state index in [0.29, 0.717) is 17.8 Å². The minimum Gasteiger partial charge on any atom is -0.397 e. The predicted molar refractivity (Wildman–Crippen MR) is 68.0 cm³/mol. The molecule has 2 N–H and O–H groups in total. The molecule has 0 amide bonds. The van der Waals surface area contributed by atoms with Gasteiger partial charge in [0.25, 0.3) is 0 Å². The third-order valence-corrected chi connectivity index (χ3v) is 4.28. The molecule has 0 radical (unpaired) electrons. The first kappa shape index (κ1) is 12.8. The molecule has 0 unspecified atom stereocenters. The molecule has 0 fully saturated rings. The third-order valence-electron chi connectivity index (χ3n) is 2.45. The van der Waals surface area contributed by atoms with E-state index < -0.39 is 10.0 Å². The molecule has 1 rings (SSSR count). The Morgan fingerprint density at radius 3 is 2.50 bits per heavy atom. The maximum absolute atomic E-state index is 11.9. The lowest BCUT2D eigenvalue weighted by atomic mass is 10.3. The fourth-order valence-electron chi connectivity index (χ4n) is 1.39. The minimum absolute atomic E-state index is 0.161. The first-order chi connectivity index (χ1) is 7.49. The van der Waals surface area contributed by atoms with Gasteiger partial charge in [0, 0.05) is 7.05 Å². The summed E-state index contributed by atoms with van der Waals surface area (Å²) >= 11 is 0. The maximum atomic E-state index is 11.9. The molecule has 0 saturated heterocycles. The molecule has 0 aliphatic heterocycles. The van der Waals surface area contributed by atoms with Gasteiger partial charge in [-0.1, -0.05) is 25.5 Å². The molecule has 4 nitrogen and oxygen atoms in total. The molecule has 0 saturated carbocycles. The van der Waals surface area contributed by atoms with Gasteiger partial charge in [0.15, 0.2) is 0 Å². The summed E-state index contributed by atoms with van der Waals surface area (Å²) in [5.41, 5.74) is 6.76. The van der Waals surface area contributed by atoms with Crippen molar-refractivity contribution >= 4 is 21.4 Å². The lowest BCUT2D eigenvalue weighted by Crippen LogP contribution is -2.29. The summed E-state index contributed by atoms with van der Waals surface area (Å²) in [7, 11) is -1.71. The van der Waals surface area contributed by atoms with Crippen LogP contribution in [0.25, 0.3) is 0 Å². The van der Waals surface area contributed by atoms with Crippen LogP contribution in [0, 0.1) is 0 Å². The van der Waals surface area contributed by atoms with E-state index in [1.165, 1.54) is 11.4 Å². The number of nitrogens with two attached hydrogens (primary N) is 1. The van der Waals surface area contributed by atoms with Gasteiger partial charge in [-0.05, 0) is 18.6 Å². The normalized spacial score (nSPS) is 11.4. The third kappa shape index (κ3) is 2.88. The molecule has 0 heterocycles. The van der Waals surface area contributed by atoms with Crippen LogP contribution in [0.1, 0.15) is 19.8 Å². The summed E-state index contributed by atoms with van der Waals surface area (Å²) < 4.78 is 25.1. The lowest BCUT2D eigenvalue weighted by Gasteiger charge is -2.20. The summed E-state index contributed by atoms with van der Waals surface area (Å²) in [6.45, 7) is 1.96. The van der Waals surface area contributed by atoms with Crippen molar-refractivity contribution in [3.63, 3.8) is 0 Å². The van der Waals surface area contributed by atoms with Gasteiger partial charge in [0.05, 0.1) is 17.1 Å². The Labute approximate surface area is 97.1 Å². The molecule has 1 aromatic carbocycles. The zero-order valence-electron chi connectivity index (χ0n) is 9.68. The fourth-order valence-corrected chi connectivity index (χ4v) is 2.78. The van der Waals surface area contributed by atoms with Crippen LogP contribution in [0.15, 0.2) is 24.3 Å². The van der Waals surface area contributed by atoms with Crippen LogP contribution in [0.3, 0.4) is 0 Å². The van der Waals surface area contributed by atoms with Crippen LogP contribution in [-0.2, 0) is 10.0 Å². The highest BCUT2D eigenvalue weighted by molar-refractivity contribution is 7.92. The van der Waals surface area contributed by atoms with Crippen LogP contribution in [0.4, 0.5) is 11.4 Å². The Morgan fingerprint density at radius 1 is 1.31 bits per heavy atom. The average Bonchev–Trinajstić information content (AvgIpc) is 2.26. The second kappa shape index (κ2) is 5.21. The summed E-state index contributed by atoms with van der Waals surface area (Å²) in [6, 6.07) is 6.96. The molecular formula is C11H18N2O2S. The number of sulfonamides is 1. The molecule has 0 aliphatic rings. The second-order valence-electron chi connectivity index (χ2n) is 3.70. The fraction of sp³-hybridized carbons (Fsp3) is 0.455. The van der Waals surface area contributed by atoms with E-state index in [2.05, 4.69) is 0 Å². The van der Waals surface area contributed by atoms with E-state index in [0.717, 1.165) is 6.42 Å². The van der Waals surface area contributed by atoms with E-state index in [4.69, 9.17) is 5.73 Å². The highest BCUT2D eigenvalue weighted by Gasteiger charge is 2.18. The molecular weight excluding hydrogens is 224 g/mol. The number of hydrogen-bond acceptors (Lipinski definition) is 3. The molecule has 0 atom stereocenters. The molecule has 0 aromatic heterocycles. The second-order valence-corrected chi connectivity index (χ2v) is 5.82. The van der Waals surface area contributed by atoms with E-state index in [1.807, 2.05) is 6.92 Å². The molecule has 0 bridgehead atoms. The van der Waals surface area contributed by atoms with Gasteiger partial charge in [-0.15, -0.1) is 0 Å². The van der Waals surface area contributed by atoms with Gasteiger partial charge >= 0.3 is 0 Å². The number of unbranched alkanes of at least 4 members (excludes halogenated alkanes) is 1. The van der Waals surface area contributed by atoms with Crippen molar-refractivity contribution in [2.75, 3.05) is 22.8 Å². The number of para-hydroxylation sites is 2. The smallest absolute Gasteiger partial charge is 0.234 e. The lowest BCUT2D eigenvalue weighted by molar-refractivity contribution is 0.591. The van der Waals surface area contributed by atoms with Gasteiger partial charge in [-0.25, -0.2) is 8.42 Å². The van der Waals surface area contributed by atoms with Crippen molar-refractivity contribution in [1.29, 1.82) is 0 Å². The molecule has 0 spiro atoms. The van der Waals surface area contributed by atoms with Crippen LogP contribution >= 0.6 is 0 Å². The molecule has 1 aromatic rings. The number of hydrogen-bond donors (Lipinski definition) is 1. The molecule has 16 heavy (non-hydrogen) atoms. The van der Waals surface area contributed by atoms with E-state index in [-0.39, 0.29) is 5.75 Å². The Balaban J connectivity index is 2.94. The predicted octanol–water partition coefficient (Wildman–Crippen LogP) is 1.83. The van der Waals surface area contributed by atoms with Crippen molar-refractivity contribution in [3.8, 4) is 0 Å². The van der Waals surface area contributed by atoms with Gasteiger partial charge in [0.1, 0.15) is 0 Å². The Morgan fingerprint density at radius 2 is 1.94 bits per heavy atom. The van der Waals surface area contributed by atoms with Gasteiger partial charge in [0.2, 0.25) is 10.0 Å². The van der Waals surface area contributed by atoms with Gasteiger partial charge in [-0.2, -0.15) is 0 Å². The SMILES string of the molecule is CCCCS(=O)(=O)N(C)c1ccccc1N. The van der Waals surface area contributed by atoms with E-state index >= 15 is 0 Å². The summed E-state index contributed by atoms with van der Waals surface area (Å²) in [5.74, 6) is 0.161. The van der Waals surface area contributed by atoms with Crippen molar-refractivity contribution in [3.05, 3.63) is 24.3 Å². The number of benzene rings is 1. The highest BCUT2D eigenvalue weighted by Crippen LogP contribution is 2.23. The number of nitrogens with zero attached hydrogens (tertiary/aromatic N) is 1. The molecule has 0 aliphatic carbocycles. The molecule has 90 valence electrons. The summed E-state index contributed by atoms with van der Waals surface area (Å²) in [4.78, 5) is 0. The largest absolute Gasteiger partial charge is 0.397 e. The van der Waals surface area contributed by atoms with Crippen LogP contribution in [-0.4, -0.2) is 21.2 Å². The number of anilines is 2. The van der Waals surface area contributed by atoms with Crippen molar-refractivity contribution in [2.24, 2.45) is 0 Å². The van der Waals surface area contributed by atoms with Crippen LogP contribution < -0.4 is 10.0 Å². The van der Waals surface area contributed by atoms with Crippen LogP contribution in [0.2, 0.25) is 0 Å². The highest BCUT2D eigenvalue weighted by atomic mass is 32.2. The van der Waals surface area contributed by atoms with Gasteiger partial charge < -0.3 is 5.73 Å². The minimum atomic E-state index is -3.24. The maximum Gasteiger partial charge on any atom is 0.234 e. The first-order valence-corrected chi connectivity index (χ1v) is 6.91. The topological polar surface area (TPSA) is 63.4 Å². The number of rotatable bonds is 5. The average molecular weight is 242 g/mol. The van der Waals surface area contributed by atoms with Crippen LogP contribution in [0.5, 0.6) is 0 Å². The zero-order valence-corrected chi connectivity index (χ0v) is 10.5.